The van der Waals surface area contributed by atoms with E-state index >= 15 is 0 Å². The Kier molecular flexibility index (Phi) is 6.07. The molecule has 0 aliphatic rings. The normalized spacial score (nSPS) is 12.1. The van der Waals surface area contributed by atoms with Crippen molar-refractivity contribution in [2.45, 2.75) is 6.18 Å². The summed E-state index contributed by atoms with van der Waals surface area (Å²) in [5.41, 5.74) is 2.55. The quantitative estimate of drug-likeness (QED) is 0.290. The fourth-order valence-electron chi connectivity index (χ4n) is 2.21. The van der Waals surface area contributed by atoms with E-state index in [0.29, 0.717) is 22.6 Å². The molecule has 0 saturated carbocycles. The van der Waals surface area contributed by atoms with E-state index in [1.807, 2.05) is 0 Å². The summed E-state index contributed by atoms with van der Waals surface area (Å²) in [4.78, 5) is 7.91. The molecule has 1 N–H and O–H groups in total. The van der Waals surface area contributed by atoms with E-state index in [0.717, 1.165) is 6.07 Å². The third-order valence-electron chi connectivity index (χ3n) is 3.51. The van der Waals surface area contributed by atoms with Gasteiger partial charge in [-0.3, -0.25) is 10.4 Å². The number of benzene rings is 1. The molecule has 3 aromatic rings. The van der Waals surface area contributed by atoms with Crippen LogP contribution in [0.3, 0.4) is 0 Å². The number of hydrazone groups is 1. The van der Waals surface area contributed by atoms with Crippen LogP contribution in [0.1, 0.15) is 16.8 Å². The molecule has 0 saturated heterocycles. The van der Waals surface area contributed by atoms with Crippen molar-refractivity contribution in [1.82, 2.24) is 9.97 Å². The Hall–Kier alpha value is -2.35. The predicted octanol–water partition coefficient (Wildman–Crippen LogP) is 6.32. The Morgan fingerprint density at radius 1 is 1.00 bits per heavy atom. The molecule has 1 aromatic carbocycles. The lowest BCUT2D eigenvalue weighted by Crippen LogP contribution is -2.12. The number of hydrogen-bond acceptors (Lipinski definition) is 4. The van der Waals surface area contributed by atoms with Crippen molar-refractivity contribution in [1.29, 1.82) is 0 Å². The molecule has 0 bridgehead atoms. The van der Waals surface area contributed by atoms with E-state index < -0.39 is 11.7 Å². The summed E-state index contributed by atoms with van der Waals surface area (Å²) in [6.45, 7) is 0. The van der Waals surface area contributed by atoms with Gasteiger partial charge in [-0.25, -0.2) is 4.98 Å². The van der Waals surface area contributed by atoms with Gasteiger partial charge in [0.2, 0.25) is 0 Å². The molecule has 2 heterocycles. The minimum absolute atomic E-state index is 0.0616. The van der Waals surface area contributed by atoms with Crippen LogP contribution in [0, 0.1) is 0 Å². The standard InChI is InChI=1S/C18H10Cl3F3N4/c19-12-6-4-10(5-7-12)16(28-27-15-3-1-2-14(21)26-15)17-13(20)8-11(9-25-17)18(22,23)24/h1-9H,(H,26,27)/b28-16-. The molecule has 0 spiro atoms. The summed E-state index contributed by atoms with van der Waals surface area (Å²) in [5.74, 6) is 0.335. The molecule has 28 heavy (non-hydrogen) atoms. The molecule has 144 valence electrons. The van der Waals surface area contributed by atoms with Gasteiger partial charge < -0.3 is 0 Å². The fourth-order valence-corrected chi connectivity index (χ4v) is 2.76. The first-order valence-corrected chi connectivity index (χ1v) is 8.83. The number of aromatic nitrogens is 2. The van der Waals surface area contributed by atoms with Crippen molar-refractivity contribution in [2.24, 2.45) is 5.10 Å². The number of halogens is 6. The van der Waals surface area contributed by atoms with Crippen molar-refractivity contribution in [3.8, 4) is 0 Å². The number of alkyl halides is 3. The summed E-state index contributed by atoms with van der Waals surface area (Å²) in [7, 11) is 0. The summed E-state index contributed by atoms with van der Waals surface area (Å²) in [6.07, 6.45) is -3.86. The van der Waals surface area contributed by atoms with Crippen LogP contribution >= 0.6 is 34.8 Å². The minimum Gasteiger partial charge on any atom is -0.261 e. The van der Waals surface area contributed by atoms with Gasteiger partial charge in [-0.05, 0) is 30.3 Å². The third kappa shape index (κ3) is 4.92. The average Bonchev–Trinajstić information content (AvgIpc) is 2.63. The number of pyridine rings is 2. The molecule has 4 nitrogen and oxygen atoms in total. The van der Waals surface area contributed by atoms with Gasteiger partial charge in [0.1, 0.15) is 22.4 Å². The van der Waals surface area contributed by atoms with Gasteiger partial charge in [0.25, 0.3) is 0 Å². The first-order chi connectivity index (χ1) is 13.2. The number of anilines is 1. The van der Waals surface area contributed by atoms with Gasteiger partial charge in [0.05, 0.1) is 10.6 Å². The zero-order chi connectivity index (χ0) is 20.3. The molecular weight excluding hydrogens is 436 g/mol. The molecule has 0 aliphatic heterocycles. The van der Waals surface area contributed by atoms with E-state index in [1.165, 1.54) is 0 Å². The van der Waals surface area contributed by atoms with E-state index in [9.17, 15) is 13.2 Å². The Labute approximate surface area is 173 Å². The average molecular weight is 446 g/mol. The monoisotopic (exact) mass is 444 g/mol. The maximum atomic E-state index is 12.9. The highest BCUT2D eigenvalue weighted by atomic mass is 35.5. The highest BCUT2D eigenvalue weighted by Crippen LogP contribution is 2.31. The van der Waals surface area contributed by atoms with E-state index in [2.05, 4.69) is 20.5 Å². The SMILES string of the molecule is FC(F)(F)c1cnc(/C(=N\Nc2cccc(Cl)n2)c2ccc(Cl)cc2)c(Cl)c1. The first-order valence-electron chi connectivity index (χ1n) is 7.69. The van der Waals surface area contributed by atoms with Gasteiger partial charge in [-0.15, -0.1) is 0 Å². The highest BCUT2D eigenvalue weighted by molar-refractivity contribution is 6.35. The molecule has 0 amide bonds. The third-order valence-corrected chi connectivity index (χ3v) is 4.26. The zero-order valence-electron chi connectivity index (χ0n) is 13.8. The van der Waals surface area contributed by atoms with Crippen molar-refractivity contribution in [3.05, 3.63) is 86.7 Å². The molecule has 0 fully saturated rings. The summed E-state index contributed by atoms with van der Waals surface area (Å²) < 4.78 is 38.7. The molecule has 3 rings (SSSR count). The van der Waals surface area contributed by atoms with Crippen LogP contribution in [0.4, 0.5) is 19.0 Å². The van der Waals surface area contributed by atoms with Crippen molar-refractivity contribution >= 4 is 46.3 Å². The molecule has 2 aromatic heterocycles. The molecular formula is C18H10Cl3F3N4. The summed E-state index contributed by atoms with van der Waals surface area (Å²) >= 11 is 17.8. The van der Waals surface area contributed by atoms with Gasteiger partial charge >= 0.3 is 6.18 Å². The zero-order valence-corrected chi connectivity index (χ0v) is 16.1. The van der Waals surface area contributed by atoms with Crippen molar-refractivity contribution in [2.75, 3.05) is 5.43 Å². The Balaban J connectivity index is 2.06. The lowest BCUT2D eigenvalue weighted by molar-refractivity contribution is -0.137. The highest BCUT2D eigenvalue weighted by Gasteiger charge is 2.32. The fraction of sp³-hybridized carbons (Fsp3) is 0.0556. The lowest BCUT2D eigenvalue weighted by Gasteiger charge is -2.12. The second-order valence-electron chi connectivity index (χ2n) is 5.48. The van der Waals surface area contributed by atoms with E-state index in [4.69, 9.17) is 34.8 Å². The lowest BCUT2D eigenvalue weighted by atomic mass is 10.1. The smallest absolute Gasteiger partial charge is 0.261 e. The maximum Gasteiger partial charge on any atom is 0.417 e. The summed E-state index contributed by atoms with van der Waals surface area (Å²) in [6, 6.07) is 12.2. The molecule has 10 heteroatoms. The van der Waals surface area contributed by atoms with Crippen LogP contribution in [0.15, 0.2) is 59.8 Å². The van der Waals surface area contributed by atoms with Crippen LogP contribution in [0.2, 0.25) is 15.2 Å². The van der Waals surface area contributed by atoms with Gasteiger partial charge in [0.15, 0.2) is 0 Å². The Morgan fingerprint density at radius 2 is 1.71 bits per heavy atom. The predicted molar refractivity (Wildman–Crippen MR) is 104 cm³/mol. The van der Waals surface area contributed by atoms with E-state index in [-0.39, 0.29) is 21.6 Å². The molecule has 0 radical (unpaired) electrons. The molecule has 0 unspecified atom stereocenters. The van der Waals surface area contributed by atoms with Crippen LogP contribution in [-0.4, -0.2) is 15.7 Å². The number of nitrogens with one attached hydrogen (secondary N) is 1. The van der Waals surface area contributed by atoms with Crippen LogP contribution in [-0.2, 0) is 6.18 Å². The maximum absolute atomic E-state index is 12.9. The van der Waals surface area contributed by atoms with Gasteiger partial charge in [-0.1, -0.05) is 53.0 Å². The second kappa shape index (κ2) is 8.34. The number of rotatable bonds is 4. The number of hydrogen-bond donors (Lipinski definition) is 1. The first kappa shape index (κ1) is 20.4. The summed E-state index contributed by atoms with van der Waals surface area (Å²) in [5, 5.41) is 4.76. The minimum atomic E-state index is -4.56. The van der Waals surface area contributed by atoms with Crippen molar-refractivity contribution < 1.29 is 13.2 Å². The number of nitrogens with zero attached hydrogens (tertiary/aromatic N) is 3. The molecule has 0 aliphatic carbocycles. The molecule has 0 atom stereocenters. The van der Waals surface area contributed by atoms with Gasteiger partial charge in [0, 0.05) is 16.8 Å². The van der Waals surface area contributed by atoms with Crippen LogP contribution in [0.25, 0.3) is 0 Å². The van der Waals surface area contributed by atoms with Crippen LogP contribution < -0.4 is 5.43 Å². The van der Waals surface area contributed by atoms with Gasteiger partial charge in [-0.2, -0.15) is 18.3 Å². The Morgan fingerprint density at radius 3 is 2.32 bits per heavy atom. The second-order valence-corrected chi connectivity index (χ2v) is 6.71. The van der Waals surface area contributed by atoms with Crippen molar-refractivity contribution in [3.63, 3.8) is 0 Å². The van der Waals surface area contributed by atoms with Crippen LogP contribution in [0.5, 0.6) is 0 Å². The Bertz CT molecular complexity index is 1020. The van der Waals surface area contributed by atoms with E-state index in [1.54, 1.807) is 42.5 Å². The largest absolute Gasteiger partial charge is 0.417 e. The topological polar surface area (TPSA) is 50.2 Å².